The zero-order chi connectivity index (χ0) is 17.4. The summed E-state index contributed by atoms with van der Waals surface area (Å²) in [6, 6.07) is 5.81. The van der Waals surface area contributed by atoms with Crippen LogP contribution < -0.4 is 0 Å². The zero-order valence-electron chi connectivity index (χ0n) is 13.1. The van der Waals surface area contributed by atoms with Gasteiger partial charge in [0.1, 0.15) is 11.3 Å². The molecule has 3 aliphatic rings. The average molecular weight is 325 g/mol. The van der Waals surface area contributed by atoms with Gasteiger partial charge in [0.2, 0.25) is 0 Å². The second-order valence-electron chi connectivity index (χ2n) is 5.55. The smallest absolute Gasteiger partial charge is 0.339 e. The van der Waals surface area contributed by atoms with Crippen LogP contribution in [0, 0.1) is 5.92 Å². The molecule has 3 fully saturated rings. The van der Waals surface area contributed by atoms with Crippen molar-refractivity contribution in [1.82, 2.24) is 4.90 Å². The Balaban J connectivity index is 0.000000189. The number of phenols is 1. The molecule has 0 amide bonds. The molecule has 4 rings (SSSR count). The predicted octanol–water partition coefficient (Wildman–Crippen LogP) is 1.25. The van der Waals surface area contributed by atoms with Crippen LogP contribution in [0.5, 0.6) is 5.75 Å². The molecule has 4 N–H and O–H groups in total. The lowest BCUT2D eigenvalue weighted by molar-refractivity contribution is -0.134. The monoisotopic (exact) mass is 325 g/mol. The lowest BCUT2D eigenvalue weighted by atomic mass is 9.86. The summed E-state index contributed by atoms with van der Waals surface area (Å²) < 4.78 is 0. The van der Waals surface area contributed by atoms with Crippen molar-refractivity contribution < 1.29 is 30.0 Å². The fraction of sp³-hybridized carbons (Fsp3) is 0.500. The molecule has 0 spiro atoms. The predicted molar refractivity (Wildman–Crippen MR) is 83.5 cm³/mol. The van der Waals surface area contributed by atoms with Crippen LogP contribution in [0.1, 0.15) is 30.1 Å². The second kappa shape index (κ2) is 9.12. The highest BCUT2D eigenvalue weighted by Crippen LogP contribution is 2.26. The molecule has 2 bridgehead atoms. The van der Waals surface area contributed by atoms with Crippen molar-refractivity contribution in [1.29, 1.82) is 0 Å². The fourth-order valence-corrected chi connectivity index (χ4v) is 2.59. The molecule has 1 aromatic carbocycles. The van der Waals surface area contributed by atoms with Gasteiger partial charge in [-0.15, -0.1) is 0 Å². The van der Waals surface area contributed by atoms with E-state index >= 15 is 0 Å². The Labute approximate surface area is 134 Å². The quantitative estimate of drug-likeness (QED) is 0.613. The number of hydrogen-bond acceptors (Lipinski definition) is 5. The number of aromatic hydroxyl groups is 1. The van der Waals surface area contributed by atoms with E-state index in [1.54, 1.807) is 12.1 Å². The molecule has 1 aromatic rings. The SMILES string of the molecule is CC(=O)O.O=C(O)c1ccccc1O.OC1CN2CCC1CC2. The summed E-state index contributed by atoms with van der Waals surface area (Å²) in [7, 11) is 0. The summed E-state index contributed by atoms with van der Waals surface area (Å²) in [6.45, 7) is 4.47. The maximum Gasteiger partial charge on any atom is 0.339 e. The second-order valence-corrected chi connectivity index (χ2v) is 5.55. The first-order valence-electron chi connectivity index (χ1n) is 7.42. The van der Waals surface area contributed by atoms with Gasteiger partial charge in [0.25, 0.3) is 5.97 Å². The van der Waals surface area contributed by atoms with Crippen molar-refractivity contribution in [3.63, 3.8) is 0 Å². The Morgan fingerprint density at radius 1 is 1.13 bits per heavy atom. The Kier molecular flexibility index (Phi) is 7.50. The molecule has 0 aromatic heterocycles. The molecule has 0 radical (unpaired) electrons. The van der Waals surface area contributed by atoms with Gasteiger partial charge in [-0.3, -0.25) is 4.79 Å². The Morgan fingerprint density at radius 2 is 1.65 bits per heavy atom. The van der Waals surface area contributed by atoms with E-state index in [-0.39, 0.29) is 17.4 Å². The number of para-hydroxylation sites is 1. The van der Waals surface area contributed by atoms with E-state index in [1.807, 2.05) is 0 Å². The molecule has 3 saturated heterocycles. The van der Waals surface area contributed by atoms with Crippen LogP contribution in [0.25, 0.3) is 0 Å². The Morgan fingerprint density at radius 3 is 1.91 bits per heavy atom. The zero-order valence-corrected chi connectivity index (χ0v) is 13.1. The van der Waals surface area contributed by atoms with Crippen molar-refractivity contribution in [2.75, 3.05) is 19.6 Å². The molecular weight excluding hydrogens is 302 g/mol. The third-order valence-electron chi connectivity index (χ3n) is 3.76. The highest BCUT2D eigenvalue weighted by Gasteiger charge is 2.32. The lowest BCUT2D eigenvalue weighted by Crippen LogP contribution is -2.50. The summed E-state index contributed by atoms with van der Waals surface area (Å²) in [5, 5.41) is 34.1. The van der Waals surface area contributed by atoms with Crippen LogP contribution in [0.15, 0.2) is 24.3 Å². The van der Waals surface area contributed by atoms with Gasteiger partial charge in [0, 0.05) is 13.5 Å². The first-order valence-corrected chi connectivity index (χ1v) is 7.42. The number of piperidine rings is 3. The number of aliphatic hydroxyl groups is 1. The summed E-state index contributed by atoms with van der Waals surface area (Å²) in [6.07, 6.45) is 2.44. The highest BCUT2D eigenvalue weighted by molar-refractivity contribution is 5.90. The van der Waals surface area contributed by atoms with Gasteiger partial charge >= 0.3 is 5.97 Å². The molecule has 23 heavy (non-hydrogen) atoms. The van der Waals surface area contributed by atoms with Gasteiger partial charge in [-0.25, -0.2) is 4.79 Å². The molecule has 0 aliphatic carbocycles. The maximum atomic E-state index is 10.3. The van der Waals surface area contributed by atoms with Crippen LogP contribution in [0.4, 0.5) is 0 Å². The van der Waals surface area contributed by atoms with Gasteiger partial charge in [-0.2, -0.15) is 0 Å². The Bertz CT molecular complexity index is 521. The largest absolute Gasteiger partial charge is 0.507 e. The molecule has 7 heteroatoms. The summed E-state index contributed by atoms with van der Waals surface area (Å²) in [5.41, 5.74) is -0.0671. The average Bonchev–Trinajstić information content (AvgIpc) is 2.48. The number of carboxylic acids is 2. The molecular formula is C16H23NO6. The number of aliphatic hydroxyl groups excluding tert-OH is 1. The number of hydrogen-bond donors (Lipinski definition) is 4. The number of aromatic carboxylic acids is 1. The third kappa shape index (κ3) is 6.66. The van der Waals surface area contributed by atoms with Crippen molar-refractivity contribution in [3.05, 3.63) is 29.8 Å². The van der Waals surface area contributed by atoms with Crippen LogP contribution in [0.3, 0.4) is 0 Å². The van der Waals surface area contributed by atoms with Gasteiger partial charge < -0.3 is 25.3 Å². The maximum absolute atomic E-state index is 10.3. The molecule has 1 unspecified atom stereocenters. The lowest BCUT2D eigenvalue weighted by Gasteiger charge is -2.42. The van der Waals surface area contributed by atoms with Gasteiger partial charge in [-0.05, 0) is 44.0 Å². The van der Waals surface area contributed by atoms with E-state index in [9.17, 15) is 9.90 Å². The molecule has 0 saturated carbocycles. The van der Waals surface area contributed by atoms with Gasteiger partial charge in [-0.1, -0.05) is 12.1 Å². The normalized spacial score (nSPS) is 24.5. The molecule has 1 atom stereocenters. The first kappa shape index (κ1) is 18.9. The van der Waals surface area contributed by atoms with Crippen LogP contribution in [-0.4, -0.2) is 63.0 Å². The van der Waals surface area contributed by atoms with E-state index in [0.717, 1.165) is 13.5 Å². The molecule has 7 nitrogen and oxygen atoms in total. The highest BCUT2D eigenvalue weighted by atomic mass is 16.4. The number of rotatable bonds is 1. The number of nitrogens with zero attached hydrogens (tertiary/aromatic N) is 1. The van der Waals surface area contributed by atoms with Crippen molar-refractivity contribution in [2.24, 2.45) is 5.92 Å². The number of aliphatic carboxylic acids is 1. The summed E-state index contributed by atoms with van der Waals surface area (Å²) in [5.74, 6) is -1.51. The van der Waals surface area contributed by atoms with Gasteiger partial charge in [0.05, 0.1) is 6.10 Å². The van der Waals surface area contributed by atoms with Crippen LogP contribution in [0.2, 0.25) is 0 Å². The minimum absolute atomic E-state index is 0.00694. The number of benzene rings is 1. The fourth-order valence-electron chi connectivity index (χ4n) is 2.59. The number of carboxylic acid groups (broad SMARTS) is 2. The number of fused-ring (bicyclic) bond motifs is 3. The Hall–Kier alpha value is -2.12. The van der Waals surface area contributed by atoms with E-state index in [2.05, 4.69) is 4.90 Å². The van der Waals surface area contributed by atoms with Crippen molar-refractivity contribution in [2.45, 2.75) is 25.9 Å². The van der Waals surface area contributed by atoms with E-state index in [1.165, 1.54) is 38.1 Å². The van der Waals surface area contributed by atoms with Crippen LogP contribution in [-0.2, 0) is 4.79 Å². The van der Waals surface area contributed by atoms with Crippen molar-refractivity contribution in [3.8, 4) is 5.75 Å². The van der Waals surface area contributed by atoms with E-state index in [0.29, 0.717) is 5.92 Å². The summed E-state index contributed by atoms with van der Waals surface area (Å²) in [4.78, 5) is 21.6. The van der Waals surface area contributed by atoms with E-state index in [4.69, 9.17) is 20.1 Å². The standard InChI is InChI=1S/C7H13NO.C7H6O3.C2H4O2/c9-7-5-8-3-1-6(7)2-4-8;8-6-4-2-1-3-5(6)7(9)10;1-2(3)4/h6-7,9H,1-5H2;1-4,8H,(H,9,10);1H3,(H,3,4). The number of carbonyl (C=O) groups is 2. The minimum atomic E-state index is -1.11. The van der Waals surface area contributed by atoms with Crippen molar-refractivity contribution >= 4 is 11.9 Å². The third-order valence-corrected chi connectivity index (χ3v) is 3.76. The van der Waals surface area contributed by atoms with E-state index < -0.39 is 11.9 Å². The van der Waals surface area contributed by atoms with Gasteiger partial charge in [0.15, 0.2) is 0 Å². The summed E-state index contributed by atoms with van der Waals surface area (Å²) >= 11 is 0. The molecule has 3 heterocycles. The minimum Gasteiger partial charge on any atom is -0.507 e. The molecule has 3 aliphatic heterocycles. The van der Waals surface area contributed by atoms with Crippen LogP contribution >= 0.6 is 0 Å². The first-order chi connectivity index (χ1) is 10.8. The topological polar surface area (TPSA) is 118 Å². The molecule has 128 valence electrons.